The maximum atomic E-state index is 6.57. The maximum Gasteiger partial charge on any atom is 0.227 e. The summed E-state index contributed by atoms with van der Waals surface area (Å²) in [5.41, 5.74) is 7.79. The molecule has 2 fully saturated rings. The molecular formula is C28H31ClN6. The predicted octanol–water partition coefficient (Wildman–Crippen LogP) is 6.00. The van der Waals surface area contributed by atoms with Crippen LogP contribution < -0.4 is 10.6 Å². The van der Waals surface area contributed by atoms with Gasteiger partial charge in [-0.15, -0.1) is 0 Å². The van der Waals surface area contributed by atoms with E-state index < -0.39 is 0 Å². The Morgan fingerprint density at radius 3 is 2.89 bits per heavy atom. The number of aromatic amines is 1. The molecule has 2 aromatic carbocycles. The highest BCUT2D eigenvalue weighted by Crippen LogP contribution is 2.42. The van der Waals surface area contributed by atoms with Crippen molar-refractivity contribution in [2.24, 2.45) is 0 Å². The molecule has 0 amide bonds. The Balaban J connectivity index is 1.30. The van der Waals surface area contributed by atoms with Crippen molar-refractivity contribution < 1.29 is 0 Å². The van der Waals surface area contributed by atoms with Crippen LogP contribution in [0.4, 0.5) is 11.6 Å². The Morgan fingerprint density at radius 1 is 1.17 bits per heavy atom. The van der Waals surface area contributed by atoms with Crippen molar-refractivity contribution in [3.05, 3.63) is 70.5 Å². The van der Waals surface area contributed by atoms with Crippen molar-refractivity contribution >= 4 is 34.1 Å². The van der Waals surface area contributed by atoms with Gasteiger partial charge in [0, 0.05) is 60.6 Å². The number of aryl methyl sites for hydroxylation is 1. The molecule has 2 aromatic heterocycles. The Hall–Kier alpha value is -2.93. The minimum atomic E-state index is 0.530. The van der Waals surface area contributed by atoms with Gasteiger partial charge in [-0.1, -0.05) is 29.8 Å². The molecule has 1 saturated carbocycles. The van der Waals surface area contributed by atoms with Gasteiger partial charge in [0.25, 0.3) is 0 Å². The lowest BCUT2D eigenvalue weighted by Crippen LogP contribution is -2.48. The predicted molar refractivity (Wildman–Crippen MR) is 144 cm³/mol. The van der Waals surface area contributed by atoms with Crippen LogP contribution in [0, 0.1) is 6.92 Å². The van der Waals surface area contributed by atoms with Crippen LogP contribution in [0.15, 0.2) is 48.8 Å². The third kappa shape index (κ3) is 4.92. The summed E-state index contributed by atoms with van der Waals surface area (Å²) in [7, 11) is 0. The summed E-state index contributed by atoms with van der Waals surface area (Å²) in [5.74, 6) is 1.23. The quantitative estimate of drug-likeness (QED) is 0.312. The fourth-order valence-electron chi connectivity index (χ4n) is 5.13. The van der Waals surface area contributed by atoms with Crippen LogP contribution in [0.3, 0.4) is 0 Å². The van der Waals surface area contributed by atoms with Crippen molar-refractivity contribution in [1.29, 1.82) is 0 Å². The van der Waals surface area contributed by atoms with Crippen molar-refractivity contribution in [3.63, 3.8) is 0 Å². The smallest absolute Gasteiger partial charge is 0.227 e. The molecule has 0 radical (unpaired) electrons. The zero-order chi connectivity index (χ0) is 23.9. The van der Waals surface area contributed by atoms with E-state index in [1.165, 1.54) is 29.5 Å². The van der Waals surface area contributed by atoms with Crippen molar-refractivity contribution in [2.45, 2.75) is 45.2 Å². The number of nitrogens with zero attached hydrogens (tertiary/aromatic N) is 3. The van der Waals surface area contributed by atoms with Gasteiger partial charge in [-0.05, 0) is 67.5 Å². The van der Waals surface area contributed by atoms with Gasteiger partial charge in [0.1, 0.15) is 0 Å². The van der Waals surface area contributed by atoms with Gasteiger partial charge in [0.15, 0.2) is 0 Å². The first-order chi connectivity index (χ1) is 17.0. The van der Waals surface area contributed by atoms with Gasteiger partial charge in [0.2, 0.25) is 5.95 Å². The lowest BCUT2D eigenvalue weighted by molar-refractivity contribution is 0.199. The number of aromatic nitrogens is 3. The molecule has 1 aliphatic carbocycles. The zero-order valence-corrected chi connectivity index (χ0v) is 21.0. The van der Waals surface area contributed by atoms with E-state index >= 15 is 0 Å². The lowest BCUT2D eigenvalue weighted by atomic mass is 10.0. The van der Waals surface area contributed by atoms with E-state index in [2.05, 4.69) is 75.7 Å². The van der Waals surface area contributed by atoms with Gasteiger partial charge in [-0.25, -0.2) is 9.97 Å². The van der Waals surface area contributed by atoms with Crippen molar-refractivity contribution in [2.75, 3.05) is 25.0 Å². The minimum Gasteiger partial charge on any atom is -0.360 e. The Morgan fingerprint density at radius 2 is 2.06 bits per heavy atom. The second-order valence-electron chi connectivity index (χ2n) is 10.1. The standard InChI is InChI=1S/C28H31ClN6/c1-17-3-6-23-24(13-31-26(23)9-17)27-25(29)14-32-28(34-27)33-22-11-19(10-21(12-22)20-4-5-20)16-35-8-7-30-18(2)15-35/h3,6,9-14,18,20,30-31H,4-5,7-8,15-16H2,1-2H3,(H,32,33,34)/t18-/m0/s1. The first kappa shape index (κ1) is 22.5. The molecule has 7 heteroatoms. The normalized spacial score (nSPS) is 18.8. The van der Waals surface area contributed by atoms with Crippen molar-refractivity contribution in [1.82, 2.24) is 25.2 Å². The Labute approximate surface area is 211 Å². The van der Waals surface area contributed by atoms with Crippen LogP contribution in [0.2, 0.25) is 5.02 Å². The van der Waals surface area contributed by atoms with Gasteiger partial charge < -0.3 is 15.6 Å². The second kappa shape index (κ2) is 9.26. The number of anilines is 2. The highest BCUT2D eigenvalue weighted by molar-refractivity contribution is 6.33. The molecular weight excluding hydrogens is 456 g/mol. The number of H-pyrrole nitrogens is 1. The Bertz CT molecular complexity index is 1380. The number of fused-ring (bicyclic) bond motifs is 1. The fraction of sp³-hybridized carbons (Fsp3) is 0.357. The van der Waals surface area contributed by atoms with Crippen LogP contribution in [0.1, 0.15) is 42.4 Å². The Kier molecular flexibility index (Phi) is 5.96. The molecule has 0 bridgehead atoms. The first-order valence-electron chi connectivity index (χ1n) is 12.5. The van der Waals surface area contributed by atoms with Crippen molar-refractivity contribution in [3.8, 4) is 11.3 Å². The van der Waals surface area contributed by atoms with Crippen LogP contribution >= 0.6 is 11.6 Å². The molecule has 3 heterocycles. The maximum absolute atomic E-state index is 6.57. The molecule has 180 valence electrons. The average Bonchev–Trinajstić information content (AvgIpc) is 3.60. The molecule has 4 aromatic rings. The van der Waals surface area contributed by atoms with E-state index in [0.29, 0.717) is 22.9 Å². The molecule has 35 heavy (non-hydrogen) atoms. The van der Waals surface area contributed by atoms with E-state index in [4.69, 9.17) is 16.6 Å². The topological polar surface area (TPSA) is 68.9 Å². The van der Waals surface area contributed by atoms with E-state index in [1.54, 1.807) is 6.20 Å². The number of hydrogen-bond donors (Lipinski definition) is 3. The van der Waals surface area contributed by atoms with Crippen LogP contribution in [0.25, 0.3) is 22.2 Å². The number of hydrogen-bond acceptors (Lipinski definition) is 5. The summed E-state index contributed by atoms with van der Waals surface area (Å²) in [4.78, 5) is 15.2. The van der Waals surface area contributed by atoms with Gasteiger partial charge >= 0.3 is 0 Å². The highest BCUT2D eigenvalue weighted by atomic mass is 35.5. The molecule has 6 nitrogen and oxygen atoms in total. The van der Waals surface area contributed by atoms with Crippen LogP contribution in [-0.4, -0.2) is 45.5 Å². The largest absolute Gasteiger partial charge is 0.360 e. The van der Waals surface area contributed by atoms with E-state index in [1.807, 2.05) is 6.20 Å². The number of halogens is 1. The van der Waals surface area contributed by atoms with Crippen LogP contribution in [0.5, 0.6) is 0 Å². The minimum absolute atomic E-state index is 0.530. The molecule has 1 saturated heterocycles. The summed E-state index contributed by atoms with van der Waals surface area (Å²) in [6.45, 7) is 8.50. The molecule has 2 aliphatic rings. The summed E-state index contributed by atoms with van der Waals surface area (Å²) in [5, 5.41) is 8.65. The monoisotopic (exact) mass is 486 g/mol. The summed E-state index contributed by atoms with van der Waals surface area (Å²) in [6, 6.07) is 13.8. The summed E-state index contributed by atoms with van der Waals surface area (Å²) >= 11 is 6.57. The molecule has 3 N–H and O–H groups in total. The summed E-state index contributed by atoms with van der Waals surface area (Å²) in [6.07, 6.45) is 6.21. The molecule has 0 unspecified atom stereocenters. The van der Waals surface area contributed by atoms with E-state index in [9.17, 15) is 0 Å². The second-order valence-corrected chi connectivity index (χ2v) is 10.5. The molecule has 1 aliphatic heterocycles. The molecule has 0 spiro atoms. The highest BCUT2D eigenvalue weighted by Gasteiger charge is 2.25. The number of piperazine rings is 1. The SMILES string of the molecule is Cc1ccc2c(-c3nc(Nc4cc(CN5CCN[C@@H](C)C5)cc(C5CC5)c4)ncc3Cl)c[nH]c2c1. The number of rotatable bonds is 6. The number of nitrogens with one attached hydrogen (secondary N) is 3. The van der Waals surface area contributed by atoms with E-state index in [-0.39, 0.29) is 0 Å². The average molecular weight is 487 g/mol. The molecule has 6 rings (SSSR count). The first-order valence-corrected chi connectivity index (χ1v) is 12.9. The number of benzene rings is 2. The third-order valence-electron chi connectivity index (χ3n) is 7.02. The van der Waals surface area contributed by atoms with Gasteiger partial charge in [-0.2, -0.15) is 0 Å². The van der Waals surface area contributed by atoms with E-state index in [0.717, 1.165) is 54.0 Å². The molecule has 1 atom stereocenters. The van der Waals surface area contributed by atoms with Gasteiger partial charge in [0.05, 0.1) is 16.9 Å². The summed E-state index contributed by atoms with van der Waals surface area (Å²) < 4.78 is 0. The third-order valence-corrected chi connectivity index (χ3v) is 7.29. The van der Waals surface area contributed by atoms with Crippen LogP contribution in [-0.2, 0) is 6.54 Å². The fourth-order valence-corrected chi connectivity index (χ4v) is 5.32. The zero-order valence-electron chi connectivity index (χ0n) is 20.2. The lowest BCUT2D eigenvalue weighted by Gasteiger charge is -2.32. The van der Waals surface area contributed by atoms with Gasteiger partial charge in [-0.3, -0.25) is 4.90 Å².